The fourth-order valence-corrected chi connectivity index (χ4v) is 1.80. The van der Waals surface area contributed by atoms with E-state index in [9.17, 15) is 14.9 Å². The maximum atomic E-state index is 11.9. The number of hydrogen-bond acceptors (Lipinski definition) is 6. The van der Waals surface area contributed by atoms with E-state index >= 15 is 0 Å². The summed E-state index contributed by atoms with van der Waals surface area (Å²) in [5.74, 6) is -2.59. The number of nitriles is 2. The van der Waals surface area contributed by atoms with Crippen LogP contribution in [0.4, 0.5) is 0 Å². The predicted molar refractivity (Wildman–Crippen MR) is 65.3 cm³/mol. The van der Waals surface area contributed by atoms with E-state index in [0.717, 1.165) is 7.11 Å². The number of carbonyl (C=O) groups excluding carboxylic acids is 2. The van der Waals surface area contributed by atoms with Crippen LogP contribution in [0.15, 0.2) is 0 Å². The first kappa shape index (κ1) is 16.9. The van der Waals surface area contributed by atoms with Crippen molar-refractivity contribution in [1.82, 2.24) is 0 Å². The van der Waals surface area contributed by atoms with E-state index in [1.54, 1.807) is 13.0 Å². The highest BCUT2D eigenvalue weighted by Crippen LogP contribution is 2.33. The van der Waals surface area contributed by atoms with Gasteiger partial charge in [-0.25, -0.2) is 0 Å². The SMILES string of the molecule is CCCC(C#N)(CC(C#N)C(=O)OC)C(=O)OCC. The molecule has 6 heteroatoms. The lowest BCUT2D eigenvalue weighted by atomic mass is 9.77. The average Bonchev–Trinajstić information content (AvgIpc) is 2.42. The molecule has 0 spiro atoms. The van der Waals surface area contributed by atoms with Gasteiger partial charge in [0.2, 0.25) is 0 Å². The number of ether oxygens (including phenoxy) is 2. The highest BCUT2D eigenvalue weighted by molar-refractivity contribution is 5.82. The summed E-state index contributed by atoms with van der Waals surface area (Å²) in [6.07, 6.45) is 0.586. The minimum Gasteiger partial charge on any atom is -0.468 e. The van der Waals surface area contributed by atoms with Gasteiger partial charge in [0.15, 0.2) is 5.41 Å². The minimum absolute atomic E-state index is 0.140. The zero-order valence-corrected chi connectivity index (χ0v) is 11.4. The molecule has 2 atom stereocenters. The predicted octanol–water partition coefficient (Wildman–Crippen LogP) is 1.56. The molecule has 6 nitrogen and oxygen atoms in total. The molecule has 0 saturated carbocycles. The zero-order chi connectivity index (χ0) is 14.9. The van der Waals surface area contributed by atoms with Gasteiger partial charge in [0.1, 0.15) is 5.92 Å². The molecule has 0 N–H and O–H groups in total. The molecule has 0 aliphatic heterocycles. The van der Waals surface area contributed by atoms with Crippen molar-refractivity contribution in [3.05, 3.63) is 0 Å². The highest BCUT2D eigenvalue weighted by Gasteiger charge is 2.43. The molecule has 19 heavy (non-hydrogen) atoms. The fourth-order valence-electron chi connectivity index (χ4n) is 1.80. The van der Waals surface area contributed by atoms with Crippen LogP contribution in [0.2, 0.25) is 0 Å². The van der Waals surface area contributed by atoms with Gasteiger partial charge >= 0.3 is 11.9 Å². The Morgan fingerprint density at radius 3 is 2.32 bits per heavy atom. The van der Waals surface area contributed by atoms with Gasteiger partial charge in [0.25, 0.3) is 0 Å². The summed E-state index contributed by atoms with van der Waals surface area (Å²) in [4.78, 5) is 23.4. The summed E-state index contributed by atoms with van der Waals surface area (Å²) in [7, 11) is 1.16. The van der Waals surface area contributed by atoms with Gasteiger partial charge in [-0.05, 0) is 13.3 Å². The molecule has 0 aliphatic rings. The van der Waals surface area contributed by atoms with Crippen molar-refractivity contribution in [1.29, 1.82) is 10.5 Å². The molecule has 0 bridgehead atoms. The van der Waals surface area contributed by atoms with E-state index in [1.807, 2.05) is 13.0 Å². The second-order valence-corrected chi connectivity index (χ2v) is 4.07. The van der Waals surface area contributed by atoms with Crippen LogP contribution in [0, 0.1) is 34.0 Å². The molecule has 0 heterocycles. The number of carbonyl (C=O) groups is 2. The molecule has 0 fully saturated rings. The van der Waals surface area contributed by atoms with Crippen molar-refractivity contribution in [3.63, 3.8) is 0 Å². The first-order chi connectivity index (χ1) is 9.01. The summed E-state index contributed by atoms with van der Waals surface area (Å²) in [6, 6.07) is 3.68. The lowest BCUT2D eigenvalue weighted by molar-refractivity contribution is -0.154. The largest absolute Gasteiger partial charge is 0.468 e. The van der Waals surface area contributed by atoms with Crippen LogP contribution in [-0.4, -0.2) is 25.7 Å². The molecule has 0 amide bonds. The number of nitrogens with zero attached hydrogens (tertiary/aromatic N) is 2. The molecule has 0 rings (SSSR count). The van der Waals surface area contributed by atoms with Crippen LogP contribution in [0.5, 0.6) is 0 Å². The number of esters is 2. The van der Waals surface area contributed by atoms with E-state index in [2.05, 4.69) is 4.74 Å². The number of hydrogen-bond donors (Lipinski definition) is 0. The normalized spacial score (nSPS) is 14.4. The van der Waals surface area contributed by atoms with Crippen molar-refractivity contribution < 1.29 is 19.1 Å². The van der Waals surface area contributed by atoms with E-state index < -0.39 is 23.3 Å². The van der Waals surface area contributed by atoms with Crippen LogP contribution < -0.4 is 0 Å². The van der Waals surface area contributed by atoms with Crippen molar-refractivity contribution in [2.45, 2.75) is 33.1 Å². The van der Waals surface area contributed by atoms with E-state index in [0.29, 0.717) is 6.42 Å². The molecule has 2 unspecified atom stereocenters. The Balaban J connectivity index is 5.26. The van der Waals surface area contributed by atoms with Crippen molar-refractivity contribution in [2.24, 2.45) is 11.3 Å². The van der Waals surface area contributed by atoms with E-state index in [1.165, 1.54) is 0 Å². The van der Waals surface area contributed by atoms with Crippen LogP contribution in [0.1, 0.15) is 33.1 Å². The number of methoxy groups -OCH3 is 1. The van der Waals surface area contributed by atoms with Crippen molar-refractivity contribution in [3.8, 4) is 12.1 Å². The Morgan fingerprint density at radius 1 is 1.32 bits per heavy atom. The average molecular weight is 266 g/mol. The zero-order valence-electron chi connectivity index (χ0n) is 11.4. The van der Waals surface area contributed by atoms with Gasteiger partial charge in [0, 0.05) is 6.42 Å². The minimum atomic E-state index is -1.47. The third kappa shape index (κ3) is 4.26. The Bertz CT molecular complexity index is 408. The molecular weight excluding hydrogens is 248 g/mol. The van der Waals surface area contributed by atoms with Gasteiger partial charge in [0.05, 0.1) is 25.9 Å². The summed E-state index contributed by atoms with van der Waals surface area (Å²) in [6.45, 7) is 3.58. The highest BCUT2D eigenvalue weighted by atomic mass is 16.5. The fraction of sp³-hybridized carbons (Fsp3) is 0.692. The quantitative estimate of drug-likeness (QED) is 0.648. The summed E-state index contributed by atoms with van der Waals surface area (Å²) < 4.78 is 9.38. The topological polar surface area (TPSA) is 100 Å². The molecule has 0 aromatic heterocycles. The number of rotatable bonds is 7. The summed E-state index contributed by atoms with van der Waals surface area (Å²) in [5.41, 5.74) is -1.47. The Kier molecular flexibility index (Phi) is 7.21. The van der Waals surface area contributed by atoms with E-state index in [4.69, 9.17) is 10.00 Å². The third-order valence-corrected chi connectivity index (χ3v) is 2.75. The van der Waals surface area contributed by atoms with Gasteiger partial charge in [-0.2, -0.15) is 10.5 Å². The Morgan fingerprint density at radius 2 is 1.95 bits per heavy atom. The first-order valence-corrected chi connectivity index (χ1v) is 6.07. The van der Waals surface area contributed by atoms with Gasteiger partial charge in [-0.15, -0.1) is 0 Å². The Hall–Kier alpha value is -2.08. The molecule has 0 radical (unpaired) electrons. The lowest BCUT2D eigenvalue weighted by Crippen LogP contribution is -2.35. The lowest BCUT2D eigenvalue weighted by Gasteiger charge is -2.25. The van der Waals surface area contributed by atoms with Crippen molar-refractivity contribution >= 4 is 11.9 Å². The summed E-state index contributed by atoms with van der Waals surface area (Å²) in [5, 5.41) is 18.2. The van der Waals surface area contributed by atoms with E-state index in [-0.39, 0.29) is 19.4 Å². The molecule has 0 aromatic carbocycles. The standard InChI is InChI=1S/C13H18N2O4/c1-4-6-13(9-15,12(17)19-5-2)7-10(8-14)11(16)18-3/h10H,4-7H2,1-3H3. The van der Waals surface area contributed by atoms with Crippen LogP contribution in [0.3, 0.4) is 0 Å². The molecule has 0 saturated heterocycles. The van der Waals surface area contributed by atoms with Crippen LogP contribution in [0.25, 0.3) is 0 Å². The monoisotopic (exact) mass is 266 g/mol. The van der Waals surface area contributed by atoms with Gasteiger partial charge in [-0.3, -0.25) is 9.59 Å². The first-order valence-electron chi connectivity index (χ1n) is 6.07. The third-order valence-electron chi connectivity index (χ3n) is 2.75. The maximum Gasteiger partial charge on any atom is 0.326 e. The molecular formula is C13H18N2O4. The van der Waals surface area contributed by atoms with Crippen LogP contribution in [-0.2, 0) is 19.1 Å². The second-order valence-electron chi connectivity index (χ2n) is 4.07. The Labute approximate surface area is 112 Å². The van der Waals surface area contributed by atoms with Crippen LogP contribution >= 0.6 is 0 Å². The maximum absolute atomic E-state index is 11.9. The molecule has 0 aromatic rings. The summed E-state index contributed by atoms with van der Waals surface area (Å²) >= 11 is 0. The smallest absolute Gasteiger partial charge is 0.326 e. The van der Waals surface area contributed by atoms with Crippen molar-refractivity contribution in [2.75, 3.05) is 13.7 Å². The molecule has 104 valence electrons. The van der Waals surface area contributed by atoms with Gasteiger partial charge in [-0.1, -0.05) is 13.3 Å². The second kappa shape index (κ2) is 8.10. The molecule has 0 aliphatic carbocycles. The van der Waals surface area contributed by atoms with Gasteiger partial charge < -0.3 is 9.47 Å².